The van der Waals surface area contributed by atoms with E-state index in [-0.39, 0.29) is 24.2 Å². The predicted molar refractivity (Wildman–Crippen MR) is 99.3 cm³/mol. The summed E-state index contributed by atoms with van der Waals surface area (Å²) in [4.78, 5) is 36.9. The summed E-state index contributed by atoms with van der Waals surface area (Å²) in [6.07, 6.45) is 11.6. The van der Waals surface area contributed by atoms with Gasteiger partial charge in [-0.2, -0.15) is 0 Å². The molecule has 3 fully saturated rings. The lowest BCUT2D eigenvalue weighted by atomic mass is 9.88. The highest BCUT2D eigenvalue weighted by Gasteiger charge is 2.36. The summed E-state index contributed by atoms with van der Waals surface area (Å²) in [7, 11) is 0. The highest BCUT2D eigenvalue weighted by Crippen LogP contribution is 2.31. The van der Waals surface area contributed by atoms with Crippen LogP contribution in [0.1, 0.15) is 77.0 Å². The van der Waals surface area contributed by atoms with E-state index in [0.29, 0.717) is 36.9 Å². The van der Waals surface area contributed by atoms with E-state index < -0.39 is 6.04 Å². The smallest absolute Gasteiger partial charge is 0.244 e. The van der Waals surface area contributed by atoms with Gasteiger partial charge in [0.25, 0.3) is 0 Å². The summed E-state index contributed by atoms with van der Waals surface area (Å²) >= 11 is 0. The van der Waals surface area contributed by atoms with Crippen molar-refractivity contribution in [3.8, 4) is 0 Å². The van der Waals surface area contributed by atoms with E-state index in [2.05, 4.69) is 0 Å². The molecule has 1 unspecified atom stereocenters. The summed E-state index contributed by atoms with van der Waals surface area (Å²) in [6.45, 7) is 1.13. The van der Waals surface area contributed by atoms with E-state index in [1.54, 1.807) is 10.0 Å². The zero-order chi connectivity index (χ0) is 19.2. The monoisotopic (exact) mass is 379 g/mol. The number of carbonyl (C=O) groups is 3. The molecule has 152 valence electrons. The highest BCUT2D eigenvalue weighted by molar-refractivity contribution is 5.84. The van der Waals surface area contributed by atoms with Crippen LogP contribution in [0.2, 0.25) is 0 Å². The largest absolute Gasteiger partial charge is 0.286 e. The van der Waals surface area contributed by atoms with Gasteiger partial charge in [-0.15, -0.1) is 0 Å². The number of hydrazine groups is 1. The Labute approximate surface area is 161 Å². The maximum Gasteiger partial charge on any atom is 0.244 e. The Bertz CT molecular complexity index is 529. The molecule has 1 atom stereocenters. The average Bonchev–Trinajstić information content (AvgIpc) is 3.38. The molecule has 1 saturated heterocycles. The van der Waals surface area contributed by atoms with Crippen molar-refractivity contribution in [2.24, 2.45) is 11.8 Å². The van der Waals surface area contributed by atoms with Crippen molar-refractivity contribution < 1.29 is 19.6 Å². The lowest BCUT2D eigenvalue weighted by Crippen LogP contribution is -2.49. The molecule has 1 aliphatic heterocycles. The van der Waals surface area contributed by atoms with Gasteiger partial charge in [0, 0.05) is 19.0 Å². The Morgan fingerprint density at radius 2 is 1.59 bits per heavy atom. The fourth-order valence-electron chi connectivity index (χ4n) is 4.97. The minimum Gasteiger partial charge on any atom is -0.286 e. The number of hydrogen-bond donors (Lipinski definition) is 1. The van der Waals surface area contributed by atoms with Crippen LogP contribution in [-0.4, -0.2) is 57.6 Å². The zero-order valence-electron chi connectivity index (χ0n) is 16.2. The van der Waals surface area contributed by atoms with Gasteiger partial charge in [-0.25, -0.2) is 5.06 Å². The lowest BCUT2D eigenvalue weighted by molar-refractivity contribution is -0.171. The minimum atomic E-state index is -0.509. The molecule has 27 heavy (non-hydrogen) atoms. The van der Waals surface area contributed by atoms with Gasteiger partial charge in [0.15, 0.2) is 0 Å². The van der Waals surface area contributed by atoms with E-state index in [1.165, 1.54) is 19.3 Å². The van der Waals surface area contributed by atoms with Crippen molar-refractivity contribution in [2.75, 3.05) is 13.1 Å². The Balaban J connectivity index is 1.61. The quantitative estimate of drug-likeness (QED) is 0.419. The van der Waals surface area contributed by atoms with Crippen molar-refractivity contribution in [3.63, 3.8) is 0 Å². The second kappa shape index (κ2) is 9.53. The molecule has 0 aromatic heterocycles. The third kappa shape index (κ3) is 5.00. The molecule has 1 N–H and O–H groups in total. The Morgan fingerprint density at radius 1 is 0.963 bits per heavy atom. The molecule has 0 spiro atoms. The van der Waals surface area contributed by atoms with E-state index >= 15 is 0 Å². The molecule has 2 saturated carbocycles. The van der Waals surface area contributed by atoms with E-state index in [0.717, 1.165) is 44.9 Å². The second-order valence-corrected chi connectivity index (χ2v) is 8.40. The zero-order valence-corrected chi connectivity index (χ0v) is 16.2. The van der Waals surface area contributed by atoms with E-state index in [4.69, 9.17) is 0 Å². The Hall–Kier alpha value is -1.63. The lowest BCUT2D eigenvalue weighted by Gasteiger charge is -2.34. The van der Waals surface area contributed by atoms with Crippen molar-refractivity contribution in [2.45, 2.75) is 83.1 Å². The first-order valence-corrected chi connectivity index (χ1v) is 10.6. The van der Waals surface area contributed by atoms with Crippen LogP contribution in [0.5, 0.6) is 0 Å². The van der Waals surface area contributed by atoms with E-state index in [9.17, 15) is 19.6 Å². The molecule has 0 radical (unpaired) electrons. The van der Waals surface area contributed by atoms with Gasteiger partial charge < -0.3 is 0 Å². The number of hydrogen-bond acceptors (Lipinski definition) is 4. The molecule has 0 aromatic rings. The number of rotatable bonds is 7. The van der Waals surface area contributed by atoms with Gasteiger partial charge in [0.1, 0.15) is 0 Å². The maximum absolute atomic E-state index is 12.9. The van der Waals surface area contributed by atoms with Crippen LogP contribution in [0.4, 0.5) is 0 Å². The first-order chi connectivity index (χ1) is 13.1. The first-order valence-electron chi connectivity index (χ1n) is 10.6. The molecule has 7 nitrogen and oxygen atoms in total. The van der Waals surface area contributed by atoms with Gasteiger partial charge in [0.2, 0.25) is 18.2 Å². The summed E-state index contributed by atoms with van der Waals surface area (Å²) in [5, 5.41) is 13.8. The van der Waals surface area contributed by atoms with Gasteiger partial charge in [0.05, 0.1) is 12.5 Å². The summed E-state index contributed by atoms with van der Waals surface area (Å²) in [5.74, 6) is 0.395. The molecule has 1 heterocycles. The van der Waals surface area contributed by atoms with Crippen molar-refractivity contribution in [3.05, 3.63) is 0 Å². The van der Waals surface area contributed by atoms with Gasteiger partial charge in [-0.3, -0.25) is 29.6 Å². The number of carbonyl (C=O) groups excluding carboxylic acids is 3. The number of amides is 3. The fraction of sp³-hybridized carbons (Fsp3) is 0.850. The molecule has 3 aliphatic rings. The topological polar surface area (TPSA) is 81.2 Å². The third-order valence-corrected chi connectivity index (χ3v) is 6.50. The average molecular weight is 380 g/mol. The van der Waals surface area contributed by atoms with Crippen LogP contribution < -0.4 is 0 Å². The predicted octanol–water partition coefficient (Wildman–Crippen LogP) is 2.73. The maximum atomic E-state index is 12.9. The van der Waals surface area contributed by atoms with Crippen molar-refractivity contribution in [1.29, 1.82) is 0 Å². The molecule has 2 aliphatic carbocycles. The van der Waals surface area contributed by atoms with Crippen LogP contribution >= 0.6 is 0 Å². The molecule has 3 amide bonds. The SMILES string of the molecule is O=CN(O)C(CC(=O)N1CCCN1C(=O)C1CCCCC1)CC1CCCC1. The Morgan fingerprint density at radius 3 is 2.26 bits per heavy atom. The Kier molecular flexibility index (Phi) is 7.10. The van der Waals surface area contributed by atoms with Crippen molar-refractivity contribution >= 4 is 18.2 Å². The second-order valence-electron chi connectivity index (χ2n) is 8.40. The van der Waals surface area contributed by atoms with Crippen LogP contribution in [0.3, 0.4) is 0 Å². The first kappa shape index (κ1) is 20.1. The normalized spacial score (nSPS) is 22.9. The third-order valence-electron chi connectivity index (χ3n) is 6.50. The fourth-order valence-corrected chi connectivity index (χ4v) is 4.97. The molecular weight excluding hydrogens is 346 g/mol. The van der Waals surface area contributed by atoms with Gasteiger partial charge in [-0.05, 0) is 31.6 Å². The minimum absolute atomic E-state index is 0.0331. The number of nitrogens with zero attached hydrogens (tertiary/aromatic N) is 3. The number of hydroxylamine groups is 2. The summed E-state index contributed by atoms with van der Waals surface area (Å²) < 4.78 is 0. The molecule has 7 heteroatoms. The standard InChI is InChI=1S/C20H33N3O4/c24-15-23(27)18(13-16-7-4-5-8-16)14-19(25)21-11-6-12-22(21)20(26)17-9-2-1-3-10-17/h15-18,27H,1-14H2. The molecule has 0 aromatic carbocycles. The van der Waals surface area contributed by atoms with Crippen LogP contribution in [0.25, 0.3) is 0 Å². The van der Waals surface area contributed by atoms with Gasteiger partial charge in [-0.1, -0.05) is 44.9 Å². The highest BCUT2D eigenvalue weighted by atomic mass is 16.5. The van der Waals surface area contributed by atoms with Gasteiger partial charge >= 0.3 is 0 Å². The molecule has 0 bridgehead atoms. The summed E-state index contributed by atoms with van der Waals surface area (Å²) in [5.41, 5.74) is 0. The van der Waals surface area contributed by atoms with Crippen molar-refractivity contribution in [1.82, 2.24) is 15.1 Å². The van der Waals surface area contributed by atoms with Crippen LogP contribution in [0, 0.1) is 11.8 Å². The summed E-state index contributed by atoms with van der Waals surface area (Å²) in [6, 6.07) is -0.509. The molecule has 3 rings (SSSR count). The van der Waals surface area contributed by atoms with Crippen LogP contribution in [0.15, 0.2) is 0 Å². The molecular formula is C20H33N3O4. The van der Waals surface area contributed by atoms with E-state index in [1.807, 2.05) is 0 Å². The van der Waals surface area contributed by atoms with Crippen LogP contribution in [-0.2, 0) is 14.4 Å².